The molecule has 0 unspecified atom stereocenters. The Morgan fingerprint density at radius 2 is 2.19 bits per heavy atom. The lowest BCUT2D eigenvalue weighted by atomic mass is 9.94. The molecule has 0 aliphatic heterocycles. The van der Waals surface area contributed by atoms with Crippen LogP contribution in [0.15, 0.2) is 18.2 Å². The smallest absolute Gasteiger partial charge is 0.312 e. The maximum absolute atomic E-state index is 11.6. The van der Waals surface area contributed by atoms with Crippen LogP contribution < -0.4 is 5.32 Å². The minimum atomic E-state index is -0.567. The van der Waals surface area contributed by atoms with E-state index in [-0.39, 0.29) is 5.97 Å². The fourth-order valence-electron chi connectivity index (χ4n) is 2.22. The number of hydrogen-bond acceptors (Lipinski definition) is 4. The number of halogens is 1. The van der Waals surface area contributed by atoms with Gasteiger partial charge in [0.1, 0.15) is 5.82 Å². The Morgan fingerprint density at radius 3 is 2.86 bits per heavy atom. The lowest BCUT2D eigenvalue weighted by Gasteiger charge is -2.21. The van der Waals surface area contributed by atoms with Gasteiger partial charge in [0.05, 0.1) is 30.1 Å². The zero-order valence-corrected chi connectivity index (χ0v) is 13.5. The molecule has 1 heterocycles. The third kappa shape index (κ3) is 3.36. The highest BCUT2D eigenvalue weighted by Gasteiger charge is 2.28. The van der Waals surface area contributed by atoms with E-state index in [1.807, 2.05) is 43.7 Å². The summed E-state index contributed by atoms with van der Waals surface area (Å²) >= 11 is 5.98. The maximum atomic E-state index is 11.6. The number of methoxy groups -OCH3 is 1. The van der Waals surface area contributed by atoms with E-state index < -0.39 is 5.41 Å². The first-order chi connectivity index (χ1) is 9.85. The Labute approximate surface area is 129 Å². The van der Waals surface area contributed by atoms with E-state index in [0.29, 0.717) is 18.1 Å². The van der Waals surface area contributed by atoms with E-state index in [4.69, 9.17) is 16.3 Å². The predicted octanol–water partition coefficient (Wildman–Crippen LogP) is 2.52. The molecule has 0 fully saturated rings. The molecule has 0 amide bonds. The fraction of sp³-hybridized carbons (Fsp3) is 0.467. The van der Waals surface area contributed by atoms with Gasteiger partial charge in [0, 0.05) is 18.6 Å². The highest BCUT2D eigenvalue weighted by Crippen LogP contribution is 2.20. The summed E-state index contributed by atoms with van der Waals surface area (Å²) in [7, 11) is 3.37. The van der Waals surface area contributed by atoms with Gasteiger partial charge in [0.15, 0.2) is 0 Å². The molecule has 0 aliphatic rings. The molecule has 114 valence electrons. The first kappa shape index (κ1) is 15.8. The normalized spacial score (nSPS) is 11.9. The topological polar surface area (TPSA) is 56.1 Å². The molecule has 0 saturated heterocycles. The van der Waals surface area contributed by atoms with Crippen LogP contribution in [0.5, 0.6) is 0 Å². The molecule has 0 bridgehead atoms. The van der Waals surface area contributed by atoms with E-state index in [2.05, 4.69) is 10.3 Å². The van der Waals surface area contributed by atoms with E-state index >= 15 is 0 Å². The number of esters is 1. The Morgan fingerprint density at radius 1 is 1.48 bits per heavy atom. The van der Waals surface area contributed by atoms with Crippen LogP contribution in [0.3, 0.4) is 0 Å². The lowest BCUT2D eigenvalue weighted by Crippen LogP contribution is -2.37. The number of nitrogens with one attached hydrogen (secondary N) is 1. The summed E-state index contributed by atoms with van der Waals surface area (Å²) in [6.07, 6.45) is 0. The molecular formula is C15H20ClN3O2. The summed E-state index contributed by atoms with van der Waals surface area (Å²) in [6, 6.07) is 5.65. The molecule has 2 aromatic rings. The minimum absolute atomic E-state index is 0.230. The summed E-state index contributed by atoms with van der Waals surface area (Å²) < 4.78 is 6.81. The van der Waals surface area contributed by atoms with Gasteiger partial charge in [-0.3, -0.25) is 4.79 Å². The van der Waals surface area contributed by atoms with E-state index in [1.54, 1.807) is 0 Å². The highest BCUT2D eigenvalue weighted by molar-refractivity contribution is 6.31. The molecule has 21 heavy (non-hydrogen) atoms. The zero-order valence-electron chi connectivity index (χ0n) is 12.7. The van der Waals surface area contributed by atoms with Gasteiger partial charge in [0.25, 0.3) is 0 Å². The number of aryl methyl sites for hydroxylation is 1. The fourth-order valence-corrected chi connectivity index (χ4v) is 2.38. The summed E-state index contributed by atoms with van der Waals surface area (Å²) in [5.41, 5.74) is 1.33. The monoisotopic (exact) mass is 309 g/mol. The second-order valence-corrected chi connectivity index (χ2v) is 6.14. The van der Waals surface area contributed by atoms with Gasteiger partial charge >= 0.3 is 5.97 Å². The molecule has 0 aliphatic carbocycles. The van der Waals surface area contributed by atoms with Crippen LogP contribution in [-0.2, 0) is 23.1 Å². The van der Waals surface area contributed by atoms with Crippen molar-refractivity contribution in [1.29, 1.82) is 0 Å². The van der Waals surface area contributed by atoms with Gasteiger partial charge < -0.3 is 14.6 Å². The third-order valence-electron chi connectivity index (χ3n) is 3.52. The number of aromatic nitrogens is 2. The van der Waals surface area contributed by atoms with Gasteiger partial charge in [-0.1, -0.05) is 11.6 Å². The van der Waals surface area contributed by atoms with Crippen molar-refractivity contribution in [2.45, 2.75) is 20.4 Å². The van der Waals surface area contributed by atoms with Crippen molar-refractivity contribution in [3.8, 4) is 0 Å². The molecular weight excluding hydrogens is 290 g/mol. The molecule has 1 aromatic carbocycles. The molecule has 0 radical (unpaired) electrons. The number of carbonyl (C=O) groups excluding carboxylic acids is 1. The minimum Gasteiger partial charge on any atom is -0.469 e. The molecule has 5 nitrogen and oxygen atoms in total. The van der Waals surface area contributed by atoms with Crippen molar-refractivity contribution in [1.82, 2.24) is 14.9 Å². The van der Waals surface area contributed by atoms with Crippen LogP contribution in [-0.4, -0.2) is 29.2 Å². The Balaban J connectivity index is 2.07. The van der Waals surface area contributed by atoms with Crippen molar-refractivity contribution >= 4 is 28.6 Å². The van der Waals surface area contributed by atoms with Crippen LogP contribution in [0.1, 0.15) is 19.7 Å². The van der Waals surface area contributed by atoms with Gasteiger partial charge in [-0.2, -0.15) is 0 Å². The number of hydrogen-bond donors (Lipinski definition) is 1. The second kappa shape index (κ2) is 6.03. The van der Waals surface area contributed by atoms with Crippen molar-refractivity contribution < 1.29 is 9.53 Å². The lowest BCUT2D eigenvalue weighted by molar-refractivity contribution is -0.150. The SMILES string of the molecule is COC(=O)C(C)(C)CNCc1nc2cc(Cl)ccc2n1C. The summed E-state index contributed by atoms with van der Waals surface area (Å²) in [5.74, 6) is 0.666. The van der Waals surface area contributed by atoms with Crippen LogP contribution in [0.2, 0.25) is 5.02 Å². The molecule has 1 aromatic heterocycles. The molecule has 2 rings (SSSR count). The van der Waals surface area contributed by atoms with Crippen molar-refractivity contribution in [2.24, 2.45) is 12.5 Å². The number of carbonyl (C=O) groups is 1. The number of nitrogens with zero attached hydrogens (tertiary/aromatic N) is 2. The third-order valence-corrected chi connectivity index (χ3v) is 3.76. The first-order valence-electron chi connectivity index (χ1n) is 6.75. The van der Waals surface area contributed by atoms with Crippen molar-refractivity contribution in [2.75, 3.05) is 13.7 Å². The Hall–Kier alpha value is -1.59. The number of ether oxygens (including phenoxy) is 1. The predicted molar refractivity (Wildman–Crippen MR) is 83.2 cm³/mol. The van der Waals surface area contributed by atoms with Crippen LogP contribution >= 0.6 is 11.6 Å². The summed E-state index contributed by atoms with van der Waals surface area (Å²) in [4.78, 5) is 16.2. The van der Waals surface area contributed by atoms with Gasteiger partial charge in [0.2, 0.25) is 0 Å². The van der Waals surface area contributed by atoms with Gasteiger partial charge in [-0.25, -0.2) is 4.98 Å². The highest BCUT2D eigenvalue weighted by atomic mass is 35.5. The summed E-state index contributed by atoms with van der Waals surface area (Å²) in [5, 5.41) is 3.93. The average molecular weight is 310 g/mol. The molecule has 0 saturated carbocycles. The largest absolute Gasteiger partial charge is 0.469 e. The molecule has 6 heteroatoms. The first-order valence-corrected chi connectivity index (χ1v) is 7.13. The van der Waals surface area contributed by atoms with Gasteiger partial charge in [-0.15, -0.1) is 0 Å². The van der Waals surface area contributed by atoms with E-state index in [0.717, 1.165) is 16.9 Å². The van der Waals surface area contributed by atoms with E-state index in [9.17, 15) is 4.79 Å². The van der Waals surface area contributed by atoms with Crippen molar-refractivity contribution in [3.05, 3.63) is 29.0 Å². The average Bonchev–Trinajstić information content (AvgIpc) is 2.73. The molecule has 1 N–H and O–H groups in total. The number of fused-ring (bicyclic) bond motifs is 1. The summed E-state index contributed by atoms with van der Waals surface area (Å²) in [6.45, 7) is 4.79. The Kier molecular flexibility index (Phi) is 4.54. The second-order valence-electron chi connectivity index (χ2n) is 5.70. The van der Waals surface area contributed by atoms with Crippen LogP contribution in [0.25, 0.3) is 11.0 Å². The maximum Gasteiger partial charge on any atom is 0.312 e. The number of imidazole rings is 1. The quantitative estimate of drug-likeness (QED) is 0.862. The molecule has 0 atom stereocenters. The standard InChI is InChI=1S/C15H20ClN3O2/c1-15(2,14(20)21-4)9-17-8-13-18-11-7-10(16)5-6-12(11)19(13)3/h5-7,17H,8-9H2,1-4H3. The molecule has 0 spiro atoms. The number of rotatable bonds is 5. The number of benzene rings is 1. The van der Waals surface area contributed by atoms with Crippen molar-refractivity contribution in [3.63, 3.8) is 0 Å². The van der Waals surface area contributed by atoms with Crippen LogP contribution in [0, 0.1) is 5.41 Å². The van der Waals surface area contributed by atoms with Crippen LogP contribution in [0.4, 0.5) is 0 Å². The Bertz CT molecular complexity index is 664. The zero-order chi connectivity index (χ0) is 15.6. The van der Waals surface area contributed by atoms with E-state index in [1.165, 1.54) is 7.11 Å². The van der Waals surface area contributed by atoms with Gasteiger partial charge in [-0.05, 0) is 32.0 Å².